The molecule has 8 aromatic rings. The van der Waals surface area contributed by atoms with Crippen LogP contribution in [0.25, 0.3) is 65.9 Å². The number of pyridine rings is 2. The molecule has 4 heterocycles. The first-order valence-corrected chi connectivity index (χ1v) is 21.4. The summed E-state index contributed by atoms with van der Waals surface area (Å²) < 4.78 is 12.3. The fourth-order valence-corrected chi connectivity index (χ4v) is 10.3. The van der Waals surface area contributed by atoms with Crippen LogP contribution in [0.3, 0.4) is 0 Å². The zero-order valence-corrected chi connectivity index (χ0v) is 36.0. The summed E-state index contributed by atoms with van der Waals surface area (Å²) in [4.78, 5) is 36.2. The van der Waals surface area contributed by atoms with Crippen molar-refractivity contribution >= 4 is 102 Å². The number of carbonyl (C=O) groups excluding carboxylic acids is 2. The van der Waals surface area contributed by atoms with Crippen LogP contribution in [0.2, 0.25) is 0 Å². The number of benzene rings is 6. The lowest BCUT2D eigenvalue weighted by Crippen LogP contribution is -3.00. The Morgan fingerprint density at radius 3 is 1.73 bits per heavy atom. The molecule has 0 saturated carbocycles. The predicted octanol–water partition coefficient (Wildman–Crippen LogP) is 8.71. The van der Waals surface area contributed by atoms with Gasteiger partial charge in [-0.25, -0.2) is 14.6 Å². The molecule has 0 saturated heterocycles. The van der Waals surface area contributed by atoms with Crippen LogP contribution in [0.4, 0.5) is 0 Å². The molecular weight excluding hydrogens is 871 g/mol. The van der Waals surface area contributed by atoms with Crippen molar-refractivity contribution in [2.24, 2.45) is 7.05 Å². The number of rotatable bonds is 2. The second-order valence-corrected chi connectivity index (χ2v) is 15.4. The SMILES string of the molecule is CI.COC(=O)c1cccc2c1-c1cccc3c1c(c1ccc(C)cc1[n+]3C)S2.COC(=O)c1cccc2c1-c1cccc3nc4cc(C)ccc4c(c13)S2.[Cl-]. The fraction of sp³-hybridized carbons (Fsp3) is 0.130. The fourth-order valence-electron chi connectivity index (χ4n) is 7.69. The van der Waals surface area contributed by atoms with Crippen molar-refractivity contribution in [1.82, 2.24) is 4.98 Å². The van der Waals surface area contributed by atoms with Crippen LogP contribution in [0.15, 0.2) is 129 Å². The molecule has 6 aromatic carbocycles. The summed E-state index contributed by atoms with van der Waals surface area (Å²) in [5, 5.41) is 4.69. The summed E-state index contributed by atoms with van der Waals surface area (Å²) in [6.45, 7) is 4.20. The lowest BCUT2D eigenvalue weighted by Gasteiger charge is -2.23. The van der Waals surface area contributed by atoms with E-state index in [0.717, 1.165) is 53.9 Å². The number of ether oxygens (including phenoxy) is 2. The van der Waals surface area contributed by atoms with Gasteiger partial charge in [0, 0.05) is 53.6 Å². The van der Waals surface area contributed by atoms with E-state index in [1.807, 2.05) is 41.3 Å². The summed E-state index contributed by atoms with van der Waals surface area (Å²) in [5.41, 5.74) is 12.0. The van der Waals surface area contributed by atoms with E-state index in [1.54, 1.807) is 23.5 Å². The largest absolute Gasteiger partial charge is 1.00 e. The van der Waals surface area contributed by atoms with E-state index in [-0.39, 0.29) is 24.3 Å². The molecule has 0 N–H and O–H groups in total. The molecule has 0 spiro atoms. The van der Waals surface area contributed by atoms with Gasteiger partial charge in [0.1, 0.15) is 7.05 Å². The maximum Gasteiger partial charge on any atom is 0.338 e. The number of alkyl halides is 1. The Labute approximate surface area is 353 Å². The van der Waals surface area contributed by atoms with Crippen molar-refractivity contribution in [2.75, 3.05) is 19.2 Å². The normalized spacial score (nSPS) is 11.7. The molecule has 10 heteroatoms. The van der Waals surface area contributed by atoms with Crippen LogP contribution in [0, 0.1) is 13.8 Å². The monoisotopic (exact) mass is 906 g/mol. The van der Waals surface area contributed by atoms with E-state index >= 15 is 0 Å². The number of halogens is 2. The van der Waals surface area contributed by atoms with Gasteiger partial charge in [0.2, 0.25) is 11.0 Å². The van der Waals surface area contributed by atoms with Gasteiger partial charge in [0.15, 0.2) is 0 Å². The standard InChI is InChI=1S/C23H18NO2S.C22H15NO2S.CH3I.ClH/c1-13-10-11-14-18(12-13)24(2)17-8-4-6-15-20-16(23(25)26-3)7-5-9-19(20)27-22(14)21(15)17;1-12-9-10-13-17(11-12)23-16-7-3-5-14-19-15(22(24)25-2)6-4-8-18(19)26-21(13)20(14)16;1-2;/h4-12H,1-3H3;3-11H,1-2H3;1H3;1H/q+1;;;/p-1. The van der Waals surface area contributed by atoms with Gasteiger partial charge in [-0.05, 0) is 83.5 Å². The lowest BCUT2D eigenvalue weighted by molar-refractivity contribution is -0.617. The van der Waals surface area contributed by atoms with Crippen molar-refractivity contribution in [3.8, 4) is 22.3 Å². The number of methoxy groups -OCH3 is 2. The third-order valence-corrected chi connectivity index (χ3v) is 12.5. The zero-order valence-electron chi connectivity index (χ0n) is 31.5. The minimum atomic E-state index is -0.313. The molecule has 0 atom stereocenters. The number of aryl methyl sites for hydroxylation is 3. The molecule has 280 valence electrons. The average Bonchev–Trinajstić information content (AvgIpc) is 3.22. The average molecular weight is 907 g/mol. The van der Waals surface area contributed by atoms with Crippen molar-refractivity contribution in [3.05, 3.63) is 131 Å². The van der Waals surface area contributed by atoms with Crippen LogP contribution in [0.1, 0.15) is 31.8 Å². The quantitative estimate of drug-likeness (QED) is 0.0566. The van der Waals surface area contributed by atoms with Gasteiger partial charge in [0.05, 0.1) is 47.2 Å². The minimum Gasteiger partial charge on any atom is -1.00 e. The Morgan fingerprint density at radius 2 is 1.12 bits per heavy atom. The maximum absolute atomic E-state index is 12.4. The Bertz CT molecular complexity index is 2920. The molecule has 0 unspecified atom stereocenters. The molecule has 0 radical (unpaired) electrons. The van der Waals surface area contributed by atoms with Crippen LogP contribution < -0.4 is 17.0 Å². The Morgan fingerprint density at radius 1 is 0.607 bits per heavy atom. The molecule has 0 aliphatic carbocycles. The first-order chi connectivity index (χ1) is 26.8. The lowest BCUT2D eigenvalue weighted by atomic mass is 9.94. The summed E-state index contributed by atoms with van der Waals surface area (Å²) in [5.74, 6) is -0.610. The van der Waals surface area contributed by atoms with Gasteiger partial charge in [-0.15, -0.1) is 0 Å². The third kappa shape index (κ3) is 6.48. The third-order valence-electron chi connectivity index (χ3n) is 10.1. The van der Waals surface area contributed by atoms with Crippen molar-refractivity contribution < 1.29 is 36.0 Å². The van der Waals surface area contributed by atoms with Crippen LogP contribution in [-0.4, -0.2) is 36.1 Å². The summed E-state index contributed by atoms with van der Waals surface area (Å²) in [7, 11) is 4.96. The topological polar surface area (TPSA) is 69.4 Å². The molecular formula is C46H36ClIN2O4S2. The first kappa shape index (κ1) is 39.6. The van der Waals surface area contributed by atoms with E-state index < -0.39 is 0 Å². The van der Waals surface area contributed by atoms with Crippen molar-refractivity contribution in [1.29, 1.82) is 0 Å². The second kappa shape index (κ2) is 16.1. The summed E-state index contributed by atoms with van der Waals surface area (Å²) in [6.07, 6.45) is 0. The van der Waals surface area contributed by atoms with E-state index in [9.17, 15) is 9.59 Å². The summed E-state index contributed by atoms with van der Waals surface area (Å²) in [6, 6.07) is 37.1. The second-order valence-electron chi connectivity index (χ2n) is 13.3. The highest BCUT2D eigenvalue weighted by Crippen LogP contribution is 2.52. The Balaban J connectivity index is 0.000000162. The van der Waals surface area contributed by atoms with E-state index in [0.29, 0.717) is 11.1 Å². The number of hydrogen-bond donors (Lipinski definition) is 0. The van der Waals surface area contributed by atoms with Crippen LogP contribution in [0.5, 0.6) is 0 Å². The molecule has 0 bridgehead atoms. The van der Waals surface area contributed by atoms with E-state index in [4.69, 9.17) is 14.5 Å². The number of carbonyl (C=O) groups is 2. The number of aromatic nitrogens is 2. The zero-order chi connectivity index (χ0) is 38.5. The number of esters is 2. The molecule has 2 aliphatic rings. The van der Waals surface area contributed by atoms with Crippen molar-refractivity contribution in [2.45, 2.75) is 33.4 Å². The molecule has 2 aliphatic heterocycles. The van der Waals surface area contributed by atoms with Gasteiger partial charge < -0.3 is 21.9 Å². The number of nitrogens with zero attached hydrogens (tertiary/aromatic N) is 2. The van der Waals surface area contributed by atoms with E-state index in [1.165, 1.54) is 56.9 Å². The highest BCUT2D eigenvalue weighted by Gasteiger charge is 2.30. The van der Waals surface area contributed by atoms with Crippen LogP contribution in [-0.2, 0) is 16.5 Å². The maximum atomic E-state index is 12.4. The van der Waals surface area contributed by atoms with Crippen molar-refractivity contribution in [3.63, 3.8) is 0 Å². The molecule has 6 nitrogen and oxygen atoms in total. The molecule has 10 rings (SSSR count). The first-order valence-electron chi connectivity index (χ1n) is 17.6. The van der Waals surface area contributed by atoms with Gasteiger partial charge in [-0.3, -0.25) is 0 Å². The highest BCUT2D eigenvalue weighted by atomic mass is 127. The molecule has 0 fully saturated rings. The van der Waals surface area contributed by atoms with Gasteiger partial charge in [-0.2, -0.15) is 4.57 Å². The van der Waals surface area contributed by atoms with E-state index in [2.05, 4.69) is 121 Å². The molecule has 2 aromatic heterocycles. The van der Waals surface area contributed by atoms with Gasteiger partial charge in [-0.1, -0.05) is 101 Å². The smallest absolute Gasteiger partial charge is 0.338 e. The summed E-state index contributed by atoms with van der Waals surface area (Å²) >= 11 is 5.59. The predicted molar refractivity (Wildman–Crippen MR) is 233 cm³/mol. The number of fused-ring (bicyclic) bond motifs is 8. The van der Waals surface area contributed by atoms with Crippen LogP contribution >= 0.6 is 46.1 Å². The van der Waals surface area contributed by atoms with Gasteiger partial charge >= 0.3 is 11.9 Å². The Hall–Kier alpha value is -4.68. The molecule has 56 heavy (non-hydrogen) atoms. The Kier molecular flexibility index (Phi) is 11.3. The van der Waals surface area contributed by atoms with Gasteiger partial charge in [0.25, 0.3) is 0 Å². The highest BCUT2D eigenvalue weighted by molar-refractivity contribution is 14.1. The number of hydrogen-bond acceptors (Lipinski definition) is 7. The minimum absolute atomic E-state index is 0. The molecule has 0 amide bonds.